The predicted octanol–water partition coefficient (Wildman–Crippen LogP) is 5.39. The zero-order valence-electron chi connectivity index (χ0n) is 13.2. The molecule has 0 N–H and O–H groups in total. The quantitative estimate of drug-likeness (QED) is 0.542. The van der Waals surface area contributed by atoms with Gasteiger partial charge in [0.1, 0.15) is 0 Å². The number of alkyl halides is 4. The number of rotatable bonds is 4. The van der Waals surface area contributed by atoms with E-state index in [4.69, 9.17) is 16.3 Å². The third-order valence-corrected chi connectivity index (χ3v) is 3.95. The summed E-state index contributed by atoms with van der Waals surface area (Å²) in [6.07, 6.45) is -4.65. The van der Waals surface area contributed by atoms with Crippen LogP contribution in [0.1, 0.15) is 25.0 Å². The summed E-state index contributed by atoms with van der Waals surface area (Å²) in [5.41, 5.74) is -0.242. The number of carbonyl (C=O) groups is 1. The molecule has 0 aliphatic carbocycles. The molecule has 0 amide bonds. The fourth-order valence-corrected chi connectivity index (χ4v) is 2.59. The first-order valence-corrected chi connectivity index (χ1v) is 7.69. The maximum atomic E-state index is 13.5. The van der Waals surface area contributed by atoms with Crippen LogP contribution >= 0.6 is 11.6 Å². The maximum absolute atomic E-state index is 13.5. The monoisotopic (exact) mass is 356 g/mol. The zero-order valence-corrected chi connectivity index (χ0v) is 13.9. The SMILES string of the molecule is CCOC(=O)C(C)(Cl)c1ccc(-c2ccccc2)cc1C(F)(F)F. The molecule has 0 aromatic heterocycles. The van der Waals surface area contributed by atoms with Crippen molar-refractivity contribution in [2.75, 3.05) is 6.61 Å². The Morgan fingerprint density at radius 3 is 2.21 bits per heavy atom. The zero-order chi connectivity index (χ0) is 18.0. The average Bonchev–Trinajstić information content (AvgIpc) is 2.54. The molecule has 24 heavy (non-hydrogen) atoms. The van der Waals surface area contributed by atoms with Gasteiger partial charge >= 0.3 is 12.1 Å². The third kappa shape index (κ3) is 3.73. The molecule has 2 aromatic carbocycles. The van der Waals surface area contributed by atoms with Crippen LogP contribution in [-0.2, 0) is 20.6 Å². The molecule has 0 saturated carbocycles. The van der Waals surface area contributed by atoms with Crippen molar-refractivity contribution >= 4 is 17.6 Å². The van der Waals surface area contributed by atoms with E-state index in [9.17, 15) is 18.0 Å². The van der Waals surface area contributed by atoms with Gasteiger partial charge in [-0.25, -0.2) is 4.79 Å². The Hall–Kier alpha value is -2.01. The van der Waals surface area contributed by atoms with E-state index >= 15 is 0 Å². The molecule has 2 rings (SSSR count). The second kappa shape index (κ2) is 6.85. The van der Waals surface area contributed by atoms with Crippen molar-refractivity contribution in [2.45, 2.75) is 24.9 Å². The smallest absolute Gasteiger partial charge is 0.416 e. The molecule has 2 aromatic rings. The summed E-state index contributed by atoms with van der Waals surface area (Å²) in [7, 11) is 0. The fraction of sp³-hybridized carbons (Fsp3) is 0.278. The Labute approximate surface area is 143 Å². The molecule has 0 fully saturated rings. The summed E-state index contributed by atoms with van der Waals surface area (Å²) in [5.74, 6) is -0.912. The second-order valence-electron chi connectivity index (χ2n) is 5.35. The Morgan fingerprint density at radius 1 is 1.04 bits per heavy atom. The highest BCUT2D eigenvalue weighted by molar-refractivity contribution is 6.33. The Morgan fingerprint density at radius 2 is 1.67 bits per heavy atom. The number of esters is 1. The first kappa shape index (κ1) is 18.3. The van der Waals surface area contributed by atoms with E-state index in [0.29, 0.717) is 11.1 Å². The number of halogens is 4. The van der Waals surface area contributed by atoms with Crippen LogP contribution < -0.4 is 0 Å². The summed E-state index contributed by atoms with van der Waals surface area (Å²) >= 11 is 6.13. The summed E-state index contributed by atoms with van der Waals surface area (Å²) in [4.78, 5) is 10.1. The molecular formula is C18H16ClF3O2. The first-order chi connectivity index (χ1) is 11.2. The summed E-state index contributed by atoms with van der Waals surface area (Å²) < 4.78 is 45.3. The van der Waals surface area contributed by atoms with Crippen LogP contribution in [0.4, 0.5) is 13.2 Å². The molecule has 0 radical (unpaired) electrons. The van der Waals surface area contributed by atoms with Gasteiger partial charge < -0.3 is 4.74 Å². The van der Waals surface area contributed by atoms with Crippen molar-refractivity contribution in [2.24, 2.45) is 0 Å². The van der Waals surface area contributed by atoms with Crippen LogP contribution in [-0.4, -0.2) is 12.6 Å². The van der Waals surface area contributed by atoms with Crippen molar-refractivity contribution in [1.29, 1.82) is 0 Å². The molecule has 1 unspecified atom stereocenters. The largest absolute Gasteiger partial charge is 0.464 e. The second-order valence-corrected chi connectivity index (χ2v) is 6.10. The van der Waals surface area contributed by atoms with Gasteiger partial charge in [-0.3, -0.25) is 0 Å². The Kier molecular flexibility index (Phi) is 5.23. The standard InChI is InChI=1S/C18H16ClF3O2/c1-3-24-16(23)17(2,19)14-10-9-13(11-15(14)18(20,21)22)12-7-5-4-6-8-12/h4-11H,3H2,1-2H3. The minimum Gasteiger partial charge on any atom is -0.464 e. The van der Waals surface area contributed by atoms with E-state index in [1.54, 1.807) is 37.3 Å². The van der Waals surface area contributed by atoms with Crippen LogP contribution in [0.3, 0.4) is 0 Å². The van der Waals surface area contributed by atoms with Gasteiger partial charge in [0, 0.05) is 0 Å². The molecule has 6 heteroatoms. The van der Waals surface area contributed by atoms with Gasteiger partial charge in [-0.05, 0) is 36.6 Å². The summed E-state index contributed by atoms with van der Waals surface area (Å²) in [6, 6.07) is 12.4. The van der Waals surface area contributed by atoms with Gasteiger partial charge in [0.05, 0.1) is 12.2 Å². The van der Waals surface area contributed by atoms with E-state index < -0.39 is 22.6 Å². The molecule has 0 bridgehead atoms. The molecule has 0 aliphatic rings. The van der Waals surface area contributed by atoms with E-state index in [-0.39, 0.29) is 12.2 Å². The molecule has 0 spiro atoms. The summed E-state index contributed by atoms with van der Waals surface area (Å²) in [5, 5.41) is 0. The topological polar surface area (TPSA) is 26.3 Å². The molecule has 128 valence electrons. The minimum atomic E-state index is -4.65. The van der Waals surface area contributed by atoms with Crippen LogP contribution in [0.5, 0.6) is 0 Å². The van der Waals surface area contributed by atoms with Gasteiger partial charge in [-0.15, -0.1) is 11.6 Å². The molecular weight excluding hydrogens is 341 g/mol. The van der Waals surface area contributed by atoms with Gasteiger partial charge in [0.25, 0.3) is 0 Å². The lowest BCUT2D eigenvalue weighted by atomic mass is 9.91. The van der Waals surface area contributed by atoms with Gasteiger partial charge in [0.15, 0.2) is 4.87 Å². The Balaban J connectivity index is 2.59. The van der Waals surface area contributed by atoms with E-state index in [0.717, 1.165) is 6.07 Å². The number of hydrogen-bond acceptors (Lipinski definition) is 2. The number of benzene rings is 2. The van der Waals surface area contributed by atoms with Gasteiger partial charge in [0.2, 0.25) is 0 Å². The van der Waals surface area contributed by atoms with Crippen LogP contribution in [0.25, 0.3) is 11.1 Å². The van der Waals surface area contributed by atoms with Crippen molar-refractivity contribution in [1.82, 2.24) is 0 Å². The van der Waals surface area contributed by atoms with Crippen LogP contribution in [0.2, 0.25) is 0 Å². The number of hydrogen-bond donors (Lipinski definition) is 0. The maximum Gasteiger partial charge on any atom is 0.416 e. The lowest BCUT2D eigenvalue weighted by Gasteiger charge is -2.25. The first-order valence-electron chi connectivity index (χ1n) is 7.31. The number of carbonyl (C=O) groups excluding carboxylic acids is 1. The molecule has 0 heterocycles. The predicted molar refractivity (Wildman–Crippen MR) is 86.7 cm³/mol. The lowest BCUT2D eigenvalue weighted by molar-refractivity contribution is -0.147. The van der Waals surface area contributed by atoms with Crippen molar-refractivity contribution < 1.29 is 22.7 Å². The Bertz CT molecular complexity index is 725. The van der Waals surface area contributed by atoms with Crippen molar-refractivity contribution in [3.05, 3.63) is 59.7 Å². The molecule has 1 atom stereocenters. The van der Waals surface area contributed by atoms with Crippen LogP contribution in [0, 0.1) is 0 Å². The van der Waals surface area contributed by atoms with E-state index in [2.05, 4.69) is 0 Å². The highest BCUT2D eigenvalue weighted by atomic mass is 35.5. The average molecular weight is 357 g/mol. The van der Waals surface area contributed by atoms with Crippen molar-refractivity contribution in [3.8, 4) is 11.1 Å². The lowest BCUT2D eigenvalue weighted by Crippen LogP contribution is -2.31. The fourth-order valence-electron chi connectivity index (χ4n) is 2.37. The third-order valence-electron chi connectivity index (χ3n) is 3.60. The van der Waals surface area contributed by atoms with Gasteiger partial charge in [-0.1, -0.05) is 42.5 Å². The van der Waals surface area contributed by atoms with Crippen LogP contribution in [0.15, 0.2) is 48.5 Å². The van der Waals surface area contributed by atoms with Crippen molar-refractivity contribution in [3.63, 3.8) is 0 Å². The molecule has 2 nitrogen and oxygen atoms in total. The summed E-state index contributed by atoms with van der Waals surface area (Å²) in [6.45, 7) is 2.80. The normalized spacial score (nSPS) is 14.1. The van der Waals surface area contributed by atoms with E-state index in [1.807, 2.05) is 0 Å². The number of ether oxygens (including phenoxy) is 1. The highest BCUT2D eigenvalue weighted by Gasteiger charge is 2.43. The minimum absolute atomic E-state index is 0.0323. The van der Waals surface area contributed by atoms with Gasteiger partial charge in [-0.2, -0.15) is 13.2 Å². The molecule has 0 aliphatic heterocycles. The van der Waals surface area contributed by atoms with E-state index in [1.165, 1.54) is 19.1 Å². The molecule has 0 saturated heterocycles. The highest BCUT2D eigenvalue weighted by Crippen LogP contribution is 2.42.